The summed E-state index contributed by atoms with van der Waals surface area (Å²) >= 11 is 0. The fourth-order valence-corrected chi connectivity index (χ4v) is 4.95. The molecule has 0 spiro atoms. The molecular formula is C27H37NO. The first-order chi connectivity index (χ1) is 14.3. The summed E-state index contributed by atoms with van der Waals surface area (Å²) in [6.07, 6.45) is 20.5. The number of rotatable bonds is 8. The molecule has 0 aromatic heterocycles. The number of ether oxygens (including phenoxy) is 1. The van der Waals surface area contributed by atoms with E-state index in [4.69, 9.17) is 10.00 Å². The average molecular weight is 392 g/mol. The van der Waals surface area contributed by atoms with Crippen LogP contribution in [0.25, 0.3) is 0 Å². The summed E-state index contributed by atoms with van der Waals surface area (Å²) in [5.41, 5.74) is 3.02. The summed E-state index contributed by atoms with van der Waals surface area (Å²) in [6.45, 7) is 3.20. The molecule has 1 aromatic carbocycles. The number of hydrogen-bond acceptors (Lipinski definition) is 2. The van der Waals surface area contributed by atoms with Crippen LogP contribution in [0.15, 0.2) is 48.6 Å². The summed E-state index contributed by atoms with van der Waals surface area (Å²) in [5.74, 6) is 2.15. The highest BCUT2D eigenvalue weighted by Gasteiger charge is 2.25. The van der Waals surface area contributed by atoms with Gasteiger partial charge in [0.25, 0.3) is 0 Å². The van der Waals surface area contributed by atoms with Gasteiger partial charge in [-0.15, -0.1) is 0 Å². The average Bonchev–Trinajstić information content (AvgIpc) is 2.77. The van der Waals surface area contributed by atoms with Gasteiger partial charge in [-0.2, -0.15) is 5.26 Å². The molecule has 0 amide bonds. The molecule has 2 nitrogen and oxygen atoms in total. The minimum Gasteiger partial charge on any atom is -0.378 e. The normalized spacial score (nSPS) is 28.0. The molecule has 2 heteroatoms. The molecule has 3 rings (SSSR count). The zero-order valence-corrected chi connectivity index (χ0v) is 18.1. The molecule has 0 heterocycles. The maximum Gasteiger partial charge on any atom is 0.0912 e. The predicted molar refractivity (Wildman–Crippen MR) is 121 cm³/mol. The lowest BCUT2D eigenvalue weighted by atomic mass is 9.79. The standard InChI is InChI=1S/C27H37NO/c1-2-6-22-8-14-25(15-9-22)26-16-10-24(11-17-26)21-29-27-18-12-23(13-19-27)7-4-3-5-20-28/h3-5,7-9,14-15,23-24,26-27H,2,6,10-13,16-19,21H2,1H3/b5-3+,7-4+/t23-,24-,26-,27-. The van der Waals surface area contributed by atoms with E-state index in [1.807, 2.05) is 18.2 Å². The number of hydrogen-bond donors (Lipinski definition) is 0. The highest BCUT2D eigenvalue weighted by Crippen LogP contribution is 2.36. The molecule has 0 radical (unpaired) electrons. The molecule has 2 aliphatic rings. The van der Waals surface area contributed by atoms with Crippen molar-refractivity contribution in [3.63, 3.8) is 0 Å². The van der Waals surface area contributed by atoms with Gasteiger partial charge in [0.05, 0.1) is 12.2 Å². The van der Waals surface area contributed by atoms with Crippen molar-refractivity contribution in [2.24, 2.45) is 11.8 Å². The highest BCUT2D eigenvalue weighted by atomic mass is 16.5. The van der Waals surface area contributed by atoms with Gasteiger partial charge in [0, 0.05) is 12.7 Å². The van der Waals surface area contributed by atoms with E-state index in [0.29, 0.717) is 12.0 Å². The Morgan fingerprint density at radius 1 is 0.966 bits per heavy atom. The van der Waals surface area contributed by atoms with Crippen LogP contribution in [0, 0.1) is 23.2 Å². The first-order valence-electron chi connectivity index (χ1n) is 11.7. The van der Waals surface area contributed by atoms with Crippen LogP contribution in [0.4, 0.5) is 0 Å². The first-order valence-corrected chi connectivity index (χ1v) is 11.7. The van der Waals surface area contributed by atoms with Crippen molar-refractivity contribution in [2.45, 2.75) is 83.2 Å². The molecule has 0 bridgehead atoms. The van der Waals surface area contributed by atoms with Crippen LogP contribution >= 0.6 is 0 Å². The van der Waals surface area contributed by atoms with Crippen LogP contribution in [0.1, 0.15) is 81.8 Å². The molecule has 0 saturated heterocycles. The zero-order valence-electron chi connectivity index (χ0n) is 18.1. The van der Waals surface area contributed by atoms with E-state index in [0.717, 1.165) is 18.4 Å². The van der Waals surface area contributed by atoms with Gasteiger partial charge in [0.2, 0.25) is 0 Å². The van der Waals surface area contributed by atoms with Crippen LogP contribution < -0.4 is 0 Å². The van der Waals surface area contributed by atoms with Crippen molar-refractivity contribution in [1.82, 2.24) is 0 Å². The molecule has 2 aliphatic carbocycles. The van der Waals surface area contributed by atoms with E-state index in [1.54, 1.807) is 5.56 Å². The first kappa shape index (κ1) is 21.8. The van der Waals surface area contributed by atoms with Crippen molar-refractivity contribution >= 4 is 0 Å². The maximum absolute atomic E-state index is 8.52. The molecule has 1 aromatic rings. The van der Waals surface area contributed by atoms with Gasteiger partial charge < -0.3 is 4.74 Å². The van der Waals surface area contributed by atoms with Crippen molar-refractivity contribution < 1.29 is 4.74 Å². The molecule has 29 heavy (non-hydrogen) atoms. The SMILES string of the molecule is CCCc1ccc([C@H]2CC[C@H](CO[C@H]3CC[C@H](/C=C/C=C/C#N)CC3)CC2)cc1. The van der Waals surface area contributed by atoms with Gasteiger partial charge in [-0.25, -0.2) is 0 Å². The van der Waals surface area contributed by atoms with Gasteiger partial charge >= 0.3 is 0 Å². The van der Waals surface area contributed by atoms with Crippen molar-refractivity contribution in [3.8, 4) is 6.07 Å². The third-order valence-corrected chi connectivity index (χ3v) is 6.79. The number of aryl methyl sites for hydroxylation is 1. The Hall–Kier alpha value is -1.85. The third kappa shape index (κ3) is 7.16. The third-order valence-electron chi connectivity index (χ3n) is 6.79. The molecule has 0 N–H and O–H groups in total. The van der Waals surface area contributed by atoms with Crippen LogP contribution in [0.2, 0.25) is 0 Å². The van der Waals surface area contributed by atoms with E-state index in [-0.39, 0.29) is 0 Å². The van der Waals surface area contributed by atoms with E-state index >= 15 is 0 Å². The van der Waals surface area contributed by atoms with E-state index in [1.165, 1.54) is 75.8 Å². The van der Waals surface area contributed by atoms with Gasteiger partial charge in [-0.1, -0.05) is 55.8 Å². The number of benzene rings is 1. The molecule has 0 aliphatic heterocycles. The lowest BCUT2D eigenvalue weighted by Gasteiger charge is -2.32. The second-order valence-corrected chi connectivity index (χ2v) is 8.95. The predicted octanol–water partition coefficient (Wildman–Crippen LogP) is 7.12. The van der Waals surface area contributed by atoms with Crippen molar-refractivity contribution in [1.29, 1.82) is 5.26 Å². The fourth-order valence-electron chi connectivity index (χ4n) is 4.95. The Balaban J connectivity index is 1.33. The maximum atomic E-state index is 8.52. The van der Waals surface area contributed by atoms with Crippen molar-refractivity contribution in [2.75, 3.05) is 6.61 Å². The molecule has 2 fully saturated rings. The van der Waals surface area contributed by atoms with Crippen LogP contribution in [-0.4, -0.2) is 12.7 Å². The monoisotopic (exact) mass is 391 g/mol. The summed E-state index contributed by atoms with van der Waals surface area (Å²) in [7, 11) is 0. The van der Waals surface area contributed by atoms with Gasteiger partial charge in [-0.3, -0.25) is 0 Å². The lowest BCUT2D eigenvalue weighted by molar-refractivity contribution is -0.00456. The van der Waals surface area contributed by atoms with Crippen LogP contribution in [-0.2, 0) is 11.2 Å². The minimum atomic E-state index is 0.457. The van der Waals surface area contributed by atoms with Gasteiger partial charge in [0.1, 0.15) is 0 Å². The lowest BCUT2D eigenvalue weighted by Crippen LogP contribution is -2.25. The van der Waals surface area contributed by atoms with Crippen LogP contribution in [0.5, 0.6) is 0 Å². The largest absolute Gasteiger partial charge is 0.378 e. The van der Waals surface area contributed by atoms with Crippen LogP contribution in [0.3, 0.4) is 0 Å². The summed E-state index contributed by atoms with van der Waals surface area (Å²) in [6, 6.07) is 11.4. The Morgan fingerprint density at radius 3 is 2.34 bits per heavy atom. The Bertz CT molecular complexity index is 680. The topological polar surface area (TPSA) is 33.0 Å². The fraction of sp³-hybridized carbons (Fsp3) is 0.593. The van der Waals surface area contributed by atoms with Gasteiger partial charge in [-0.05, 0) is 86.7 Å². The number of nitrogens with zero attached hydrogens (tertiary/aromatic N) is 1. The second-order valence-electron chi connectivity index (χ2n) is 8.95. The molecule has 156 valence electrons. The summed E-state index contributed by atoms with van der Waals surface area (Å²) < 4.78 is 6.32. The smallest absolute Gasteiger partial charge is 0.0912 e. The van der Waals surface area contributed by atoms with E-state index in [2.05, 4.69) is 37.3 Å². The molecule has 0 atom stereocenters. The van der Waals surface area contributed by atoms with E-state index in [9.17, 15) is 0 Å². The number of allylic oxidation sites excluding steroid dienone is 4. The highest BCUT2D eigenvalue weighted by molar-refractivity contribution is 5.26. The summed E-state index contributed by atoms with van der Waals surface area (Å²) in [4.78, 5) is 0. The number of nitriles is 1. The minimum absolute atomic E-state index is 0.457. The zero-order chi connectivity index (χ0) is 20.3. The second kappa shape index (κ2) is 12.0. The van der Waals surface area contributed by atoms with Gasteiger partial charge in [0.15, 0.2) is 0 Å². The molecule has 2 saturated carbocycles. The molecule has 0 unspecified atom stereocenters. The molecular weight excluding hydrogens is 354 g/mol. The van der Waals surface area contributed by atoms with E-state index < -0.39 is 0 Å². The van der Waals surface area contributed by atoms with Crippen molar-refractivity contribution in [3.05, 3.63) is 59.7 Å². The summed E-state index contributed by atoms with van der Waals surface area (Å²) in [5, 5.41) is 8.52. The Labute approximate surface area is 177 Å². The quantitative estimate of drug-likeness (QED) is 0.349. The Morgan fingerprint density at radius 2 is 1.69 bits per heavy atom. The Kier molecular flexibility index (Phi) is 9.03.